The molecule has 21 heavy (non-hydrogen) atoms. The van der Waals surface area contributed by atoms with Crippen LogP contribution in [0.1, 0.15) is 23.4 Å². The molecule has 1 aromatic carbocycles. The molecule has 0 atom stereocenters. The lowest BCUT2D eigenvalue weighted by Crippen LogP contribution is -2.07. The minimum atomic E-state index is 0.675. The first kappa shape index (κ1) is 13.8. The lowest BCUT2D eigenvalue weighted by Gasteiger charge is -2.10. The van der Waals surface area contributed by atoms with Crippen molar-refractivity contribution in [2.45, 2.75) is 26.8 Å². The van der Waals surface area contributed by atoms with Gasteiger partial charge in [0, 0.05) is 5.69 Å². The molecule has 108 valence electrons. The zero-order valence-electron chi connectivity index (χ0n) is 12.1. The quantitative estimate of drug-likeness (QED) is 0.786. The van der Waals surface area contributed by atoms with Gasteiger partial charge in [0.2, 0.25) is 5.13 Å². The van der Waals surface area contributed by atoms with Crippen molar-refractivity contribution < 1.29 is 0 Å². The lowest BCUT2D eigenvalue weighted by atomic mass is 10.3. The van der Waals surface area contributed by atoms with Gasteiger partial charge in [-0.3, -0.25) is 4.57 Å². The summed E-state index contributed by atoms with van der Waals surface area (Å²) in [6.45, 7) is 4.77. The highest BCUT2D eigenvalue weighted by atomic mass is 32.1. The third-order valence-electron chi connectivity index (χ3n) is 3.22. The van der Waals surface area contributed by atoms with Crippen LogP contribution in [-0.2, 0) is 13.0 Å². The summed E-state index contributed by atoms with van der Waals surface area (Å²) < 4.78 is 2.15. The third-order valence-corrected chi connectivity index (χ3v) is 4.24. The van der Waals surface area contributed by atoms with Gasteiger partial charge < -0.3 is 5.32 Å². The van der Waals surface area contributed by atoms with Crippen molar-refractivity contribution in [1.82, 2.24) is 19.7 Å². The van der Waals surface area contributed by atoms with Crippen molar-refractivity contribution in [2.75, 3.05) is 5.32 Å². The highest BCUT2D eigenvalue weighted by Gasteiger charge is 2.09. The molecule has 0 aliphatic heterocycles. The van der Waals surface area contributed by atoms with Crippen LogP contribution >= 0.6 is 11.3 Å². The number of anilines is 1. The van der Waals surface area contributed by atoms with E-state index in [1.807, 2.05) is 31.3 Å². The second-order valence-electron chi connectivity index (χ2n) is 4.68. The maximum absolute atomic E-state index is 4.42. The number of aromatic nitrogens is 4. The molecular weight excluding hydrogens is 282 g/mol. The SMILES string of the molecule is CCc1nnc(NCc2cnc(C)n2-c2ccccc2)s1. The van der Waals surface area contributed by atoms with Gasteiger partial charge in [-0.05, 0) is 25.5 Å². The van der Waals surface area contributed by atoms with E-state index in [0.29, 0.717) is 6.54 Å². The van der Waals surface area contributed by atoms with Gasteiger partial charge in [0.25, 0.3) is 0 Å². The number of para-hydroxylation sites is 1. The van der Waals surface area contributed by atoms with Gasteiger partial charge in [-0.2, -0.15) is 0 Å². The fraction of sp³-hybridized carbons (Fsp3) is 0.267. The van der Waals surface area contributed by atoms with Crippen LogP contribution in [-0.4, -0.2) is 19.7 Å². The minimum Gasteiger partial charge on any atom is -0.354 e. The average molecular weight is 299 g/mol. The molecule has 0 bridgehead atoms. The van der Waals surface area contributed by atoms with E-state index < -0.39 is 0 Å². The largest absolute Gasteiger partial charge is 0.354 e. The van der Waals surface area contributed by atoms with Gasteiger partial charge in [-0.15, -0.1) is 10.2 Å². The molecule has 0 spiro atoms. The Labute approximate surface area is 127 Å². The summed E-state index contributed by atoms with van der Waals surface area (Å²) in [5.74, 6) is 0.976. The number of imidazole rings is 1. The number of aryl methyl sites for hydroxylation is 2. The Morgan fingerprint density at radius 3 is 2.71 bits per heavy atom. The summed E-state index contributed by atoms with van der Waals surface area (Å²) in [5, 5.41) is 13.5. The van der Waals surface area contributed by atoms with E-state index in [9.17, 15) is 0 Å². The number of benzene rings is 1. The summed E-state index contributed by atoms with van der Waals surface area (Å²) in [5.41, 5.74) is 2.22. The zero-order valence-corrected chi connectivity index (χ0v) is 12.9. The van der Waals surface area contributed by atoms with E-state index >= 15 is 0 Å². The van der Waals surface area contributed by atoms with E-state index in [1.54, 1.807) is 11.3 Å². The van der Waals surface area contributed by atoms with Crippen LogP contribution < -0.4 is 5.32 Å². The number of hydrogen-bond donors (Lipinski definition) is 1. The Balaban J connectivity index is 1.80. The van der Waals surface area contributed by atoms with Crippen molar-refractivity contribution in [3.63, 3.8) is 0 Å². The highest BCUT2D eigenvalue weighted by Crippen LogP contribution is 2.18. The van der Waals surface area contributed by atoms with Crippen molar-refractivity contribution >= 4 is 16.5 Å². The van der Waals surface area contributed by atoms with E-state index in [-0.39, 0.29) is 0 Å². The minimum absolute atomic E-state index is 0.675. The predicted molar refractivity (Wildman–Crippen MR) is 84.9 cm³/mol. The fourth-order valence-corrected chi connectivity index (χ4v) is 2.85. The van der Waals surface area contributed by atoms with Gasteiger partial charge in [0.05, 0.1) is 18.4 Å². The molecule has 0 saturated heterocycles. The third kappa shape index (κ3) is 2.95. The topological polar surface area (TPSA) is 55.6 Å². The molecule has 0 unspecified atom stereocenters. The summed E-state index contributed by atoms with van der Waals surface area (Å²) in [6.07, 6.45) is 2.82. The Bertz CT molecular complexity index is 717. The lowest BCUT2D eigenvalue weighted by molar-refractivity contribution is 0.894. The van der Waals surface area contributed by atoms with E-state index in [1.165, 1.54) is 0 Å². The Hall–Kier alpha value is -2.21. The monoisotopic (exact) mass is 299 g/mol. The molecule has 3 aromatic rings. The second kappa shape index (κ2) is 6.05. The molecule has 0 aliphatic rings. The molecule has 0 aliphatic carbocycles. The average Bonchev–Trinajstić information content (AvgIpc) is 3.12. The standard InChI is InChI=1S/C15H17N5S/c1-3-14-18-19-15(21-14)17-10-13-9-16-11(2)20(13)12-7-5-4-6-8-12/h4-9H,3,10H2,1-2H3,(H,17,19). The molecule has 5 nitrogen and oxygen atoms in total. The number of rotatable bonds is 5. The van der Waals surface area contributed by atoms with Crippen molar-refractivity contribution in [2.24, 2.45) is 0 Å². The van der Waals surface area contributed by atoms with Crippen molar-refractivity contribution in [3.8, 4) is 5.69 Å². The van der Waals surface area contributed by atoms with Gasteiger partial charge in [0.1, 0.15) is 10.8 Å². The van der Waals surface area contributed by atoms with E-state index in [0.717, 1.165) is 33.8 Å². The van der Waals surface area contributed by atoms with Gasteiger partial charge in [-0.1, -0.05) is 36.5 Å². The molecule has 3 rings (SSSR count). The van der Waals surface area contributed by atoms with Crippen LogP contribution in [0.4, 0.5) is 5.13 Å². The summed E-state index contributed by atoms with van der Waals surface area (Å²) in [4.78, 5) is 4.42. The normalized spacial score (nSPS) is 10.8. The fourth-order valence-electron chi connectivity index (χ4n) is 2.18. The first-order valence-electron chi connectivity index (χ1n) is 6.93. The van der Waals surface area contributed by atoms with Gasteiger partial charge in [-0.25, -0.2) is 4.98 Å². The molecule has 1 N–H and O–H groups in total. The number of nitrogens with zero attached hydrogens (tertiary/aromatic N) is 4. The van der Waals surface area contributed by atoms with E-state index in [2.05, 4.69) is 44.1 Å². The smallest absolute Gasteiger partial charge is 0.205 e. The first-order chi connectivity index (χ1) is 10.3. The van der Waals surface area contributed by atoms with E-state index in [4.69, 9.17) is 0 Å². The van der Waals surface area contributed by atoms with Crippen molar-refractivity contribution in [3.05, 3.63) is 53.1 Å². The molecular formula is C15H17N5S. The Morgan fingerprint density at radius 1 is 1.19 bits per heavy atom. The zero-order chi connectivity index (χ0) is 14.7. The second-order valence-corrected chi connectivity index (χ2v) is 5.74. The molecule has 0 radical (unpaired) electrons. The van der Waals surface area contributed by atoms with Crippen LogP contribution in [0, 0.1) is 6.92 Å². The Morgan fingerprint density at radius 2 is 2.00 bits per heavy atom. The van der Waals surface area contributed by atoms with Crippen LogP contribution in [0.15, 0.2) is 36.5 Å². The van der Waals surface area contributed by atoms with Crippen LogP contribution in [0.25, 0.3) is 5.69 Å². The molecule has 0 saturated carbocycles. The summed E-state index contributed by atoms with van der Waals surface area (Å²) >= 11 is 1.60. The van der Waals surface area contributed by atoms with Gasteiger partial charge in [0.15, 0.2) is 0 Å². The predicted octanol–water partition coefficient (Wildman–Crippen LogP) is 3.21. The molecule has 0 fully saturated rings. The summed E-state index contributed by atoms with van der Waals surface area (Å²) in [6, 6.07) is 10.2. The van der Waals surface area contributed by atoms with Gasteiger partial charge >= 0.3 is 0 Å². The maximum atomic E-state index is 4.42. The first-order valence-corrected chi connectivity index (χ1v) is 7.74. The van der Waals surface area contributed by atoms with Crippen LogP contribution in [0.3, 0.4) is 0 Å². The number of hydrogen-bond acceptors (Lipinski definition) is 5. The molecule has 6 heteroatoms. The maximum Gasteiger partial charge on any atom is 0.205 e. The number of nitrogens with one attached hydrogen (secondary N) is 1. The summed E-state index contributed by atoms with van der Waals surface area (Å²) in [7, 11) is 0. The van der Waals surface area contributed by atoms with Crippen LogP contribution in [0.5, 0.6) is 0 Å². The molecule has 2 aromatic heterocycles. The molecule has 0 amide bonds. The van der Waals surface area contributed by atoms with Crippen LogP contribution in [0.2, 0.25) is 0 Å². The van der Waals surface area contributed by atoms with Crippen molar-refractivity contribution in [1.29, 1.82) is 0 Å². The Kier molecular flexibility index (Phi) is 3.96. The molecule has 2 heterocycles. The highest BCUT2D eigenvalue weighted by molar-refractivity contribution is 7.15.